The van der Waals surface area contributed by atoms with Crippen LogP contribution in [-0.2, 0) is 15.0 Å². The van der Waals surface area contributed by atoms with E-state index in [4.69, 9.17) is 11.6 Å². The lowest BCUT2D eigenvalue weighted by atomic mass is 9.85. The summed E-state index contributed by atoms with van der Waals surface area (Å²) in [6.07, 6.45) is 0.791. The molecule has 1 saturated carbocycles. The topological polar surface area (TPSA) is 66.4 Å². The normalized spacial score (nSPS) is 19.3. The Morgan fingerprint density at radius 1 is 1.12 bits per heavy atom. The Balaban J connectivity index is 1.65. The number of nitrogens with one attached hydrogen (secondary N) is 1. The van der Waals surface area contributed by atoms with E-state index in [9.17, 15) is 14.7 Å². The monoisotopic (exact) mass is 357 g/mol. The summed E-state index contributed by atoms with van der Waals surface area (Å²) in [7, 11) is 0. The number of benzene rings is 2. The highest BCUT2D eigenvalue weighted by Gasteiger charge is 2.44. The third-order valence-corrected chi connectivity index (χ3v) is 5.18. The molecule has 2 aromatic rings. The van der Waals surface area contributed by atoms with Gasteiger partial charge in [0.25, 0.3) is 0 Å². The van der Waals surface area contributed by atoms with Gasteiger partial charge in [-0.2, -0.15) is 0 Å². The van der Waals surface area contributed by atoms with Crippen molar-refractivity contribution in [2.75, 3.05) is 5.32 Å². The Bertz CT molecular complexity index is 814. The highest BCUT2D eigenvalue weighted by atomic mass is 35.5. The van der Waals surface area contributed by atoms with Crippen molar-refractivity contribution < 1.29 is 14.7 Å². The van der Waals surface area contributed by atoms with Crippen LogP contribution in [0.2, 0.25) is 5.02 Å². The van der Waals surface area contributed by atoms with Gasteiger partial charge in [0.2, 0.25) is 5.91 Å². The van der Waals surface area contributed by atoms with Crippen LogP contribution in [0.3, 0.4) is 0 Å². The lowest BCUT2D eigenvalue weighted by Gasteiger charge is -2.19. The molecule has 0 aliphatic heterocycles. The molecular weight excluding hydrogens is 338 g/mol. The van der Waals surface area contributed by atoms with Gasteiger partial charge in [0.1, 0.15) is 0 Å². The number of halogens is 1. The van der Waals surface area contributed by atoms with Crippen LogP contribution in [0, 0.1) is 5.92 Å². The summed E-state index contributed by atoms with van der Waals surface area (Å²) >= 11 is 6.20. The van der Waals surface area contributed by atoms with E-state index in [1.54, 1.807) is 38.1 Å². The Kier molecular flexibility index (Phi) is 4.56. The first-order valence-electron chi connectivity index (χ1n) is 8.20. The van der Waals surface area contributed by atoms with E-state index in [0.717, 1.165) is 12.0 Å². The summed E-state index contributed by atoms with van der Waals surface area (Å²) in [5.41, 5.74) is 1.41. The van der Waals surface area contributed by atoms with Crippen LogP contribution >= 0.6 is 11.6 Å². The summed E-state index contributed by atoms with van der Waals surface area (Å²) in [4.78, 5) is 23.7. The second-order valence-corrected chi connectivity index (χ2v) is 7.37. The molecule has 4 nitrogen and oxygen atoms in total. The zero-order chi connectivity index (χ0) is 18.2. The van der Waals surface area contributed by atoms with E-state index in [1.807, 2.05) is 24.3 Å². The standard InChI is InChI=1S/C20H20ClNO3/c1-20(2,19(24)25)12-7-9-13(10-8-12)22-18(23)16-11-15(16)14-5-3-4-6-17(14)21/h3-10,15-16H,11H2,1-2H3,(H,22,23)(H,24,25). The first-order valence-corrected chi connectivity index (χ1v) is 8.57. The Hall–Kier alpha value is -2.33. The Morgan fingerprint density at radius 3 is 2.36 bits per heavy atom. The van der Waals surface area contributed by atoms with Crippen LogP contribution < -0.4 is 5.32 Å². The number of hydrogen-bond acceptors (Lipinski definition) is 2. The van der Waals surface area contributed by atoms with Crippen molar-refractivity contribution in [3.8, 4) is 0 Å². The fourth-order valence-corrected chi connectivity index (χ4v) is 3.21. The molecular formula is C20H20ClNO3. The maximum absolute atomic E-state index is 12.4. The SMILES string of the molecule is CC(C)(C(=O)O)c1ccc(NC(=O)C2CC2c2ccccc2Cl)cc1. The van der Waals surface area contributed by atoms with Crippen LogP contribution in [0.5, 0.6) is 0 Å². The van der Waals surface area contributed by atoms with Gasteiger partial charge in [0.05, 0.1) is 5.41 Å². The Labute approximate surface area is 151 Å². The van der Waals surface area contributed by atoms with E-state index in [0.29, 0.717) is 16.3 Å². The average molecular weight is 358 g/mol. The van der Waals surface area contributed by atoms with Gasteiger partial charge in [-0.05, 0) is 55.5 Å². The van der Waals surface area contributed by atoms with Crippen LogP contribution in [0.4, 0.5) is 5.69 Å². The number of carboxylic acid groups (broad SMARTS) is 1. The number of carboxylic acids is 1. The van der Waals surface area contributed by atoms with Gasteiger partial charge in [-0.3, -0.25) is 9.59 Å². The van der Waals surface area contributed by atoms with Gasteiger partial charge >= 0.3 is 5.97 Å². The molecule has 0 spiro atoms. The van der Waals surface area contributed by atoms with Gasteiger partial charge < -0.3 is 10.4 Å². The first kappa shape index (κ1) is 17.5. The van der Waals surface area contributed by atoms with E-state index >= 15 is 0 Å². The fraction of sp³-hybridized carbons (Fsp3) is 0.300. The predicted molar refractivity (Wildman–Crippen MR) is 98.0 cm³/mol. The molecule has 2 unspecified atom stereocenters. The molecule has 1 fully saturated rings. The van der Waals surface area contributed by atoms with E-state index in [2.05, 4.69) is 5.32 Å². The largest absolute Gasteiger partial charge is 0.481 e. The molecule has 1 aliphatic carbocycles. The quantitative estimate of drug-likeness (QED) is 0.831. The number of amides is 1. The first-order chi connectivity index (χ1) is 11.8. The van der Waals surface area contributed by atoms with Crippen molar-refractivity contribution in [3.05, 3.63) is 64.7 Å². The number of hydrogen-bond donors (Lipinski definition) is 2. The van der Waals surface area contributed by atoms with Crippen molar-refractivity contribution in [3.63, 3.8) is 0 Å². The molecule has 0 aromatic heterocycles. The van der Waals surface area contributed by atoms with Crippen molar-refractivity contribution >= 4 is 29.2 Å². The molecule has 5 heteroatoms. The highest BCUT2D eigenvalue weighted by molar-refractivity contribution is 6.31. The zero-order valence-corrected chi connectivity index (χ0v) is 14.9. The van der Waals surface area contributed by atoms with Crippen LogP contribution in [-0.4, -0.2) is 17.0 Å². The minimum atomic E-state index is -0.964. The highest BCUT2D eigenvalue weighted by Crippen LogP contribution is 2.50. The molecule has 0 radical (unpaired) electrons. The summed E-state index contributed by atoms with van der Waals surface area (Å²) in [5.74, 6) is -0.825. The molecule has 1 aliphatic rings. The van der Waals surface area contributed by atoms with Gasteiger partial charge in [-0.15, -0.1) is 0 Å². The molecule has 25 heavy (non-hydrogen) atoms. The molecule has 2 aromatic carbocycles. The molecule has 0 heterocycles. The van der Waals surface area contributed by atoms with E-state index in [-0.39, 0.29) is 17.7 Å². The summed E-state index contributed by atoms with van der Waals surface area (Å²) in [6, 6.07) is 14.6. The maximum Gasteiger partial charge on any atom is 0.313 e. The van der Waals surface area contributed by atoms with Gasteiger partial charge in [-0.1, -0.05) is 41.9 Å². The smallest absolute Gasteiger partial charge is 0.313 e. The minimum Gasteiger partial charge on any atom is -0.481 e. The minimum absolute atomic E-state index is 0.0323. The van der Waals surface area contributed by atoms with Crippen LogP contribution in [0.15, 0.2) is 48.5 Å². The summed E-state index contributed by atoms with van der Waals surface area (Å²) in [5, 5.41) is 12.9. The molecule has 3 rings (SSSR count). The third kappa shape index (κ3) is 3.54. The lowest BCUT2D eigenvalue weighted by Crippen LogP contribution is -2.28. The molecule has 1 amide bonds. The van der Waals surface area contributed by atoms with E-state index in [1.165, 1.54) is 0 Å². The molecule has 0 saturated heterocycles. The zero-order valence-electron chi connectivity index (χ0n) is 14.1. The van der Waals surface area contributed by atoms with Gasteiger partial charge in [0, 0.05) is 16.6 Å². The van der Waals surface area contributed by atoms with Crippen molar-refractivity contribution in [2.45, 2.75) is 31.6 Å². The number of rotatable bonds is 5. The van der Waals surface area contributed by atoms with Crippen molar-refractivity contribution in [1.29, 1.82) is 0 Å². The van der Waals surface area contributed by atoms with Crippen LogP contribution in [0.1, 0.15) is 37.3 Å². The van der Waals surface area contributed by atoms with Crippen LogP contribution in [0.25, 0.3) is 0 Å². The molecule has 0 bridgehead atoms. The lowest BCUT2D eigenvalue weighted by molar-refractivity contribution is -0.142. The third-order valence-electron chi connectivity index (χ3n) is 4.84. The van der Waals surface area contributed by atoms with Gasteiger partial charge in [-0.25, -0.2) is 0 Å². The van der Waals surface area contributed by atoms with E-state index < -0.39 is 11.4 Å². The molecule has 2 atom stereocenters. The maximum atomic E-state index is 12.4. The van der Waals surface area contributed by atoms with Crippen molar-refractivity contribution in [1.82, 2.24) is 0 Å². The Morgan fingerprint density at radius 2 is 1.76 bits per heavy atom. The number of carbonyl (C=O) groups excluding carboxylic acids is 1. The predicted octanol–water partition coefficient (Wildman–Crippen LogP) is 4.44. The average Bonchev–Trinajstić information content (AvgIpc) is 3.36. The van der Waals surface area contributed by atoms with Gasteiger partial charge in [0.15, 0.2) is 0 Å². The molecule has 2 N–H and O–H groups in total. The second-order valence-electron chi connectivity index (χ2n) is 6.97. The summed E-state index contributed by atoms with van der Waals surface area (Å²) in [6.45, 7) is 3.31. The molecule has 130 valence electrons. The second kappa shape index (κ2) is 6.52. The summed E-state index contributed by atoms with van der Waals surface area (Å²) < 4.78 is 0. The number of aliphatic carboxylic acids is 1. The number of carbonyl (C=O) groups is 2. The number of anilines is 1. The van der Waals surface area contributed by atoms with Crippen molar-refractivity contribution in [2.24, 2.45) is 5.92 Å². The fourth-order valence-electron chi connectivity index (χ4n) is 2.93.